The normalized spacial score (nSPS) is 11.9. The number of hydrogen-bond acceptors (Lipinski definition) is 0. The van der Waals surface area contributed by atoms with E-state index in [1.54, 1.807) is 0 Å². The first kappa shape index (κ1) is 34.4. The highest BCUT2D eigenvalue weighted by Crippen LogP contribution is 2.50. The molecule has 1 heteroatoms. The summed E-state index contributed by atoms with van der Waals surface area (Å²) in [6.45, 7) is 7.18. The van der Waals surface area contributed by atoms with E-state index in [0.717, 1.165) is 0 Å². The van der Waals surface area contributed by atoms with Gasteiger partial charge in [-0.3, -0.25) is 0 Å². The lowest BCUT2D eigenvalue weighted by molar-refractivity contribution is 1.49. The number of aryl methyl sites for hydroxylation is 1. The van der Waals surface area contributed by atoms with E-state index in [2.05, 4.69) is 214 Å². The van der Waals surface area contributed by atoms with Crippen molar-refractivity contribution in [3.63, 3.8) is 0 Å². The van der Waals surface area contributed by atoms with Crippen molar-refractivity contribution in [2.24, 2.45) is 0 Å². The third kappa shape index (κ3) is 5.42. The van der Waals surface area contributed by atoms with Crippen molar-refractivity contribution in [1.82, 2.24) is 0 Å². The van der Waals surface area contributed by atoms with Crippen LogP contribution in [-0.4, -0.2) is 8.80 Å². The second kappa shape index (κ2) is 13.7. The molecule has 0 aliphatic heterocycles. The van der Waals surface area contributed by atoms with Gasteiger partial charge < -0.3 is 0 Å². The zero-order valence-corrected chi connectivity index (χ0v) is 34.2. The summed E-state index contributed by atoms with van der Waals surface area (Å²) >= 11 is 0. The van der Waals surface area contributed by atoms with E-state index in [9.17, 15) is 0 Å². The quantitative estimate of drug-likeness (QED) is 0.121. The van der Waals surface area contributed by atoms with Crippen LogP contribution in [0, 0.1) is 6.92 Å². The Hall–Kier alpha value is -6.80. The van der Waals surface area contributed by atoms with Crippen molar-refractivity contribution in [1.29, 1.82) is 0 Å². The van der Waals surface area contributed by atoms with Gasteiger partial charge in [-0.1, -0.05) is 194 Å². The minimum absolute atomic E-state index is 1.17. The molecule has 11 aromatic carbocycles. The molecule has 274 valence electrons. The van der Waals surface area contributed by atoms with Crippen LogP contribution >= 0.6 is 0 Å². The van der Waals surface area contributed by atoms with Gasteiger partial charge in [-0.05, 0) is 140 Å². The molecule has 0 radical (unpaired) electrons. The Balaban J connectivity index is 1.22. The predicted octanol–water partition coefficient (Wildman–Crippen LogP) is 15.3. The molecule has 0 spiro atoms. The highest BCUT2D eigenvalue weighted by atomic mass is 28.3. The standard InChI is InChI=1S/C57H42Si/c1-36-32-38-17-6-7-19-40(38)34-51(36)52-35-42(30-31-53(52)58(2)3)55-45-22-10-14-26-49(45)57(50-27-15-11-23-46(50)55)56-47-24-12-8-20-43(47)54(44-21-9-13-25-48(44)56)41-29-28-37-16-4-5-18-39(37)33-41/h4-35,58H,1-3H3. The van der Waals surface area contributed by atoms with Gasteiger partial charge in [-0.15, -0.1) is 0 Å². The molecule has 0 amide bonds. The van der Waals surface area contributed by atoms with Crippen molar-refractivity contribution in [2.45, 2.75) is 20.0 Å². The maximum atomic E-state index is 2.51. The first-order valence-corrected chi connectivity index (χ1v) is 23.4. The molecule has 11 rings (SSSR count). The molecule has 0 saturated heterocycles. The summed E-state index contributed by atoms with van der Waals surface area (Å²) in [6, 6.07) is 72.9. The van der Waals surface area contributed by atoms with Crippen LogP contribution in [0.3, 0.4) is 0 Å². The van der Waals surface area contributed by atoms with E-state index < -0.39 is 8.80 Å². The number of fused-ring (bicyclic) bond motifs is 6. The summed E-state index contributed by atoms with van der Waals surface area (Å²) in [4.78, 5) is 0. The van der Waals surface area contributed by atoms with E-state index in [-0.39, 0.29) is 0 Å². The fourth-order valence-electron chi connectivity index (χ4n) is 9.86. The molecule has 0 aliphatic rings. The lowest BCUT2D eigenvalue weighted by atomic mass is 9.80. The summed E-state index contributed by atoms with van der Waals surface area (Å²) in [5.41, 5.74) is 11.7. The van der Waals surface area contributed by atoms with Gasteiger partial charge in [0.05, 0.1) is 8.80 Å². The van der Waals surface area contributed by atoms with Crippen molar-refractivity contribution in [3.05, 3.63) is 200 Å². The molecule has 0 fully saturated rings. The summed E-state index contributed by atoms with van der Waals surface area (Å²) in [7, 11) is -1.17. The minimum Gasteiger partial charge on any atom is -0.0682 e. The lowest BCUT2D eigenvalue weighted by Gasteiger charge is -2.23. The van der Waals surface area contributed by atoms with E-state index in [1.165, 1.54) is 120 Å². The molecule has 0 aliphatic carbocycles. The van der Waals surface area contributed by atoms with Crippen LogP contribution in [0.5, 0.6) is 0 Å². The molecule has 0 bridgehead atoms. The molecule has 0 saturated carbocycles. The molecule has 0 aromatic heterocycles. The van der Waals surface area contributed by atoms with Gasteiger partial charge in [0.15, 0.2) is 0 Å². The SMILES string of the molecule is Cc1cc2ccccc2cc1-c1cc(-c2c3ccccc3c(-c3c4ccccc4c(-c4ccc5ccccc5c4)c4ccccc34)c3ccccc23)ccc1[SiH](C)C. The van der Waals surface area contributed by atoms with Gasteiger partial charge in [0, 0.05) is 0 Å². The Labute approximate surface area is 341 Å². The van der Waals surface area contributed by atoms with E-state index >= 15 is 0 Å². The number of hydrogen-bond donors (Lipinski definition) is 0. The monoisotopic (exact) mass is 754 g/mol. The molecule has 58 heavy (non-hydrogen) atoms. The fraction of sp³-hybridized carbons (Fsp3) is 0.0526. The topological polar surface area (TPSA) is 0 Å². The maximum Gasteiger partial charge on any atom is 0.0655 e. The molecule has 11 aromatic rings. The summed E-state index contributed by atoms with van der Waals surface area (Å²) in [5, 5.41) is 16.8. The van der Waals surface area contributed by atoms with Crippen LogP contribution in [0.2, 0.25) is 13.1 Å². The van der Waals surface area contributed by atoms with Gasteiger partial charge in [0.2, 0.25) is 0 Å². The second-order valence-electron chi connectivity index (χ2n) is 16.2. The average Bonchev–Trinajstić information content (AvgIpc) is 3.27. The molecule has 0 atom stereocenters. The van der Waals surface area contributed by atoms with Gasteiger partial charge in [0.25, 0.3) is 0 Å². The molecule has 0 N–H and O–H groups in total. The maximum absolute atomic E-state index is 2.51. The molecular weight excluding hydrogens is 713 g/mol. The fourth-order valence-corrected chi connectivity index (χ4v) is 11.2. The van der Waals surface area contributed by atoms with Crippen LogP contribution < -0.4 is 5.19 Å². The third-order valence-corrected chi connectivity index (χ3v) is 14.2. The van der Waals surface area contributed by atoms with Crippen molar-refractivity contribution in [2.75, 3.05) is 0 Å². The lowest BCUT2D eigenvalue weighted by Crippen LogP contribution is -2.25. The van der Waals surface area contributed by atoms with Crippen LogP contribution in [-0.2, 0) is 0 Å². The van der Waals surface area contributed by atoms with Crippen LogP contribution in [0.1, 0.15) is 5.56 Å². The smallest absolute Gasteiger partial charge is 0.0655 e. The zero-order chi connectivity index (χ0) is 38.9. The highest BCUT2D eigenvalue weighted by Gasteiger charge is 2.23. The Morgan fingerprint density at radius 3 is 1.12 bits per heavy atom. The van der Waals surface area contributed by atoms with E-state index in [1.807, 2.05) is 0 Å². The van der Waals surface area contributed by atoms with Crippen LogP contribution in [0.4, 0.5) is 0 Å². The molecular formula is C57H42Si. The van der Waals surface area contributed by atoms with Gasteiger partial charge in [-0.2, -0.15) is 0 Å². The number of benzene rings is 11. The van der Waals surface area contributed by atoms with Crippen LogP contribution in [0.25, 0.3) is 109 Å². The van der Waals surface area contributed by atoms with E-state index in [4.69, 9.17) is 0 Å². The number of rotatable bonds is 5. The summed E-state index contributed by atoms with van der Waals surface area (Å²) in [5.74, 6) is 0. The Kier molecular flexibility index (Phi) is 8.13. The van der Waals surface area contributed by atoms with Crippen molar-refractivity contribution >= 4 is 78.6 Å². The predicted molar refractivity (Wildman–Crippen MR) is 256 cm³/mol. The molecule has 0 unspecified atom stereocenters. The van der Waals surface area contributed by atoms with Crippen LogP contribution in [0.15, 0.2) is 194 Å². The Morgan fingerprint density at radius 2 is 0.655 bits per heavy atom. The van der Waals surface area contributed by atoms with Crippen molar-refractivity contribution < 1.29 is 0 Å². The Bertz CT molecular complexity index is 3330. The van der Waals surface area contributed by atoms with E-state index in [0.29, 0.717) is 0 Å². The molecule has 0 nitrogen and oxygen atoms in total. The first-order valence-electron chi connectivity index (χ1n) is 20.5. The van der Waals surface area contributed by atoms with Crippen molar-refractivity contribution in [3.8, 4) is 44.5 Å². The summed E-state index contributed by atoms with van der Waals surface area (Å²) < 4.78 is 0. The summed E-state index contributed by atoms with van der Waals surface area (Å²) in [6.07, 6.45) is 0. The van der Waals surface area contributed by atoms with Gasteiger partial charge in [0.1, 0.15) is 0 Å². The Morgan fingerprint density at radius 1 is 0.293 bits per heavy atom. The van der Waals surface area contributed by atoms with Gasteiger partial charge in [-0.25, -0.2) is 0 Å². The highest BCUT2D eigenvalue weighted by molar-refractivity contribution is 6.72. The van der Waals surface area contributed by atoms with Gasteiger partial charge >= 0.3 is 0 Å². The minimum atomic E-state index is -1.17. The third-order valence-electron chi connectivity index (χ3n) is 12.5. The second-order valence-corrected chi connectivity index (χ2v) is 19.1. The first-order chi connectivity index (χ1) is 28.5. The zero-order valence-electron chi connectivity index (χ0n) is 33.1. The average molecular weight is 755 g/mol. The molecule has 0 heterocycles. The largest absolute Gasteiger partial charge is 0.0682 e.